The Hall–Kier alpha value is -0.610. The zero-order valence-electron chi connectivity index (χ0n) is 11.7. The Bertz CT molecular complexity index is 239. The molecule has 100 valence electrons. The fraction of sp³-hybridized carbons (Fsp3) is 0.923. The van der Waals surface area contributed by atoms with Crippen LogP contribution in [0.2, 0.25) is 0 Å². The minimum absolute atomic E-state index is 0.00495. The van der Waals surface area contributed by atoms with Crippen LogP contribution < -0.4 is 5.32 Å². The number of carbonyl (C=O) groups is 1. The van der Waals surface area contributed by atoms with Crippen LogP contribution in [0.3, 0.4) is 0 Å². The summed E-state index contributed by atoms with van der Waals surface area (Å²) in [6, 6.07) is 0.469. The van der Waals surface area contributed by atoms with Crippen LogP contribution in [0.25, 0.3) is 0 Å². The second-order valence-corrected chi connectivity index (χ2v) is 5.05. The summed E-state index contributed by atoms with van der Waals surface area (Å²) in [6.07, 6.45) is 2.32. The third-order valence-electron chi connectivity index (χ3n) is 3.80. The summed E-state index contributed by atoms with van der Waals surface area (Å²) in [5.41, 5.74) is 0. The summed E-state index contributed by atoms with van der Waals surface area (Å²) in [7, 11) is 2.06. The van der Waals surface area contributed by atoms with Gasteiger partial charge in [-0.3, -0.25) is 9.69 Å². The fourth-order valence-corrected chi connectivity index (χ4v) is 2.33. The van der Waals surface area contributed by atoms with E-state index in [1.807, 2.05) is 11.8 Å². The maximum absolute atomic E-state index is 12.3. The maximum Gasteiger partial charge on any atom is 0.239 e. The normalized spacial score (nSPS) is 20.4. The summed E-state index contributed by atoms with van der Waals surface area (Å²) >= 11 is 0. The highest BCUT2D eigenvalue weighted by molar-refractivity contribution is 5.81. The molecule has 2 atom stereocenters. The minimum Gasteiger partial charge on any atom is -0.339 e. The van der Waals surface area contributed by atoms with Gasteiger partial charge in [-0.2, -0.15) is 0 Å². The van der Waals surface area contributed by atoms with E-state index in [2.05, 4.69) is 31.1 Å². The number of amides is 1. The molecule has 2 unspecified atom stereocenters. The molecular formula is C13H27N3O. The lowest BCUT2D eigenvalue weighted by Gasteiger charge is -2.35. The predicted molar refractivity (Wildman–Crippen MR) is 71.0 cm³/mol. The highest BCUT2D eigenvalue weighted by Gasteiger charge is 2.26. The van der Waals surface area contributed by atoms with Gasteiger partial charge in [0.2, 0.25) is 5.91 Å². The number of rotatable bonds is 5. The number of nitrogens with one attached hydrogen (secondary N) is 1. The molecule has 1 heterocycles. The van der Waals surface area contributed by atoms with E-state index in [4.69, 9.17) is 0 Å². The first-order valence-corrected chi connectivity index (χ1v) is 6.79. The van der Waals surface area contributed by atoms with Crippen LogP contribution in [0.5, 0.6) is 0 Å². The zero-order chi connectivity index (χ0) is 12.8. The van der Waals surface area contributed by atoms with Crippen molar-refractivity contribution in [2.45, 2.75) is 45.7 Å². The molecule has 1 fully saturated rings. The quantitative estimate of drug-likeness (QED) is 0.778. The molecular weight excluding hydrogens is 214 g/mol. The standard InChI is InChI=1S/C13H27N3O/c1-5-6-11(2)15(4)12(3)13(17)16-9-7-14-8-10-16/h11-12,14H,5-10H2,1-4H3. The molecule has 1 aliphatic heterocycles. The van der Waals surface area contributed by atoms with Gasteiger partial charge in [0.05, 0.1) is 6.04 Å². The van der Waals surface area contributed by atoms with Crippen LogP contribution in [0, 0.1) is 0 Å². The van der Waals surface area contributed by atoms with Crippen LogP contribution in [-0.2, 0) is 4.79 Å². The van der Waals surface area contributed by atoms with Gasteiger partial charge in [-0.25, -0.2) is 0 Å². The van der Waals surface area contributed by atoms with Gasteiger partial charge in [0.1, 0.15) is 0 Å². The molecule has 0 radical (unpaired) electrons. The summed E-state index contributed by atoms with van der Waals surface area (Å²) in [5.74, 6) is 0.275. The van der Waals surface area contributed by atoms with Crippen molar-refractivity contribution in [3.8, 4) is 0 Å². The zero-order valence-corrected chi connectivity index (χ0v) is 11.7. The Morgan fingerprint density at radius 3 is 2.47 bits per heavy atom. The first-order valence-electron chi connectivity index (χ1n) is 6.79. The molecule has 0 aromatic carbocycles. The topological polar surface area (TPSA) is 35.6 Å². The SMILES string of the molecule is CCCC(C)N(C)C(C)C(=O)N1CCNCC1. The van der Waals surface area contributed by atoms with E-state index in [1.54, 1.807) is 0 Å². The first kappa shape index (κ1) is 14.5. The monoisotopic (exact) mass is 241 g/mol. The van der Waals surface area contributed by atoms with Crippen molar-refractivity contribution in [2.75, 3.05) is 33.2 Å². The van der Waals surface area contributed by atoms with Crippen LogP contribution in [0.15, 0.2) is 0 Å². The van der Waals surface area contributed by atoms with E-state index >= 15 is 0 Å². The molecule has 4 heteroatoms. The van der Waals surface area contributed by atoms with Crippen LogP contribution >= 0.6 is 0 Å². The maximum atomic E-state index is 12.3. The summed E-state index contributed by atoms with van der Waals surface area (Å²) in [5, 5.41) is 3.27. The highest BCUT2D eigenvalue weighted by atomic mass is 16.2. The van der Waals surface area contributed by atoms with Crippen molar-refractivity contribution in [3.05, 3.63) is 0 Å². The average molecular weight is 241 g/mol. The highest BCUT2D eigenvalue weighted by Crippen LogP contribution is 2.10. The number of piperazine rings is 1. The van der Waals surface area contributed by atoms with Crippen molar-refractivity contribution < 1.29 is 4.79 Å². The Morgan fingerprint density at radius 2 is 1.94 bits per heavy atom. The largest absolute Gasteiger partial charge is 0.339 e. The van der Waals surface area contributed by atoms with E-state index in [0.717, 1.165) is 32.6 Å². The number of nitrogens with zero attached hydrogens (tertiary/aromatic N) is 2. The molecule has 17 heavy (non-hydrogen) atoms. The van der Waals surface area contributed by atoms with E-state index in [9.17, 15) is 4.79 Å². The number of hydrogen-bond donors (Lipinski definition) is 1. The average Bonchev–Trinajstić information content (AvgIpc) is 2.37. The number of hydrogen-bond acceptors (Lipinski definition) is 3. The second kappa shape index (κ2) is 6.97. The lowest BCUT2D eigenvalue weighted by atomic mass is 10.1. The summed E-state index contributed by atoms with van der Waals surface area (Å²) < 4.78 is 0. The molecule has 0 aromatic rings. The molecule has 0 bridgehead atoms. The van der Waals surface area contributed by atoms with Gasteiger partial charge >= 0.3 is 0 Å². The Balaban J connectivity index is 2.49. The molecule has 1 N–H and O–H groups in total. The number of carbonyl (C=O) groups excluding carboxylic acids is 1. The Labute approximate surface area is 105 Å². The molecule has 1 saturated heterocycles. The van der Waals surface area contributed by atoms with Crippen molar-refractivity contribution >= 4 is 5.91 Å². The lowest BCUT2D eigenvalue weighted by molar-refractivity contribution is -0.137. The first-order chi connectivity index (χ1) is 8.07. The Kier molecular flexibility index (Phi) is 5.92. The molecule has 0 aliphatic carbocycles. The van der Waals surface area contributed by atoms with Crippen LogP contribution in [0.4, 0.5) is 0 Å². The molecule has 1 rings (SSSR count). The van der Waals surface area contributed by atoms with Gasteiger partial charge in [-0.05, 0) is 27.3 Å². The van der Waals surface area contributed by atoms with Crippen molar-refractivity contribution in [2.24, 2.45) is 0 Å². The lowest BCUT2D eigenvalue weighted by Crippen LogP contribution is -2.53. The smallest absolute Gasteiger partial charge is 0.239 e. The van der Waals surface area contributed by atoms with Crippen molar-refractivity contribution in [3.63, 3.8) is 0 Å². The van der Waals surface area contributed by atoms with E-state index < -0.39 is 0 Å². The predicted octanol–water partition coefficient (Wildman–Crippen LogP) is 0.927. The van der Waals surface area contributed by atoms with Gasteiger partial charge in [0.25, 0.3) is 0 Å². The molecule has 1 aliphatic rings. The molecule has 0 aromatic heterocycles. The van der Waals surface area contributed by atoms with E-state index in [-0.39, 0.29) is 11.9 Å². The molecule has 4 nitrogen and oxygen atoms in total. The van der Waals surface area contributed by atoms with Gasteiger partial charge in [-0.15, -0.1) is 0 Å². The van der Waals surface area contributed by atoms with Gasteiger partial charge < -0.3 is 10.2 Å². The summed E-state index contributed by atoms with van der Waals surface area (Å²) in [6.45, 7) is 9.95. The van der Waals surface area contributed by atoms with Crippen molar-refractivity contribution in [1.29, 1.82) is 0 Å². The van der Waals surface area contributed by atoms with Gasteiger partial charge in [0.15, 0.2) is 0 Å². The Morgan fingerprint density at radius 1 is 1.35 bits per heavy atom. The molecule has 0 saturated carbocycles. The van der Waals surface area contributed by atoms with E-state index in [0.29, 0.717) is 6.04 Å². The van der Waals surface area contributed by atoms with Gasteiger partial charge in [-0.1, -0.05) is 13.3 Å². The van der Waals surface area contributed by atoms with Crippen LogP contribution in [-0.4, -0.2) is 61.0 Å². The van der Waals surface area contributed by atoms with Crippen LogP contribution in [0.1, 0.15) is 33.6 Å². The summed E-state index contributed by atoms with van der Waals surface area (Å²) in [4.78, 5) is 16.5. The third kappa shape index (κ3) is 3.96. The van der Waals surface area contributed by atoms with Crippen molar-refractivity contribution in [1.82, 2.24) is 15.1 Å². The fourth-order valence-electron chi connectivity index (χ4n) is 2.33. The molecule has 1 amide bonds. The van der Waals surface area contributed by atoms with E-state index in [1.165, 1.54) is 6.42 Å². The minimum atomic E-state index is -0.00495. The number of likely N-dealkylation sites (N-methyl/N-ethyl adjacent to an activating group) is 1. The third-order valence-corrected chi connectivity index (χ3v) is 3.80. The van der Waals surface area contributed by atoms with Gasteiger partial charge in [0, 0.05) is 32.2 Å². The second-order valence-electron chi connectivity index (χ2n) is 5.05. The molecule has 0 spiro atoms.